The maximum Gasteiger partial charge on any atom is 0.235 e. The lowest BCUT2D eigenvalue weighted by Gasteiger charge is -2.19. The van der Waals surface area contributed by atoms with Crippen LogP contribution in [-0.4, -0.2) is 47.6 Å². The van der Waals surface area contributed by atoms with Crippen LogP contribution in [-0.2, 0) is 15.6 Å². The molecule has 2 rings (SSSR count). The molecular weight excluding hydrogens is 292 g/mol. The molecule has 0 aliphatic carbocycles. The van der Waals surface area contributed by atoms with Crippen molar-refractivity contribution in [2.24, 2.45) is 0 Å². The summed E-state index contributed by atoms with van der Waals surface area (Å²) in [7, 11) is 0.151. The van der Waals surface area contributed by atoms with Crippen molar-refractivity contribution in [1.82, 2.24) is 4.90 Å². The van der Waals surface area contributed by atoms with E-state index in [1.54, 1.807) is 25.2 Å². The first-order valence-corrected chi connectivity index (χ1v) is 7.82. The number of carbonyl (C=O) groups excluding carboxylic acids is 1. The topological polar surface area (TPSA) is 79.6 Å². The quantitative estimate of drug-likeness (QED) is 0.808. The lowest BCUT2D eigenvalue weighted by Crippen LogP contribution is -2.31. The molecule has 0 radical (unpaired) electrons. The Morgan fingerprint density at radius 1 is 1.38 bits per heavy atom. The third kappa shape index (κ3) is 3.95. The summed E-state index contributed by atoms with van der Waals surface area (Å²) in [5.41, 5.74) is 0. The molecule has 112 valence electrons. The van der Waals surface area contributed by atoms with E-state index in [-0.39, 0.29) is 18.1 Å². The van der Waals surface area contributed by atoms with E-state index in [0.29, 0.717) is 36.2 Å². The maximum absolute atomic E-state index is 12.2. The number of amides is 1. The molecule has 1 aromatic carbocycles. The zero-order chi connectivity index (χ0) is 15.2. The molecule has 0 saturated carbocycles. The number of fused-ring (bicyclic) bond motifs is 1. The molecule has 1 atom stereocenters. The van der Waals surface area contributed by atoms with Crippen LogP contribution in [0, 0.1) is 11.3 Å². The Balaban J connectivity index is 2.00. The van der Waals surface area contributed by atoms with E-state index in [0.717, 1.165) is 0 Å². The molecule has 0 spiro atoms. The van der Waals surface area contributed by atoms with Crippen LogP contribution in [0.15, 0.2) is 23.1 Å². The summed E-state index contributed by atoms with van der Waals surface area (Å²) in [4.78, 5) is 13.8. The molecule has 1 heterocycles. The van der Waals surface area contributed by atoms with Crippen LogP contribution in [0.25, 0.3) is 0 Å². The van der Waals surface area contributed by atoms with Crippen LogP contribution in [0.1, 0.15) is 6.42 Å². The van der Waals surface area contributed by atoms with Gasteiger partial charge in [-0.2, -0.15) is 5.26 Å². The van der Waals surface area contributed by atoms with E-state index in [9.17, 15) is 9.00 Å². The average molecular weight is 308 g/mol. The number of benzene rings is 1. The minimum Gasteiger partial charge on any atom is -0.486 e. The summed E-state index contributed by atoms with van der Waals surface area (Å²) in [6.07, 6.45) is 0.263. The van der Waals surface area contributed by atoms with Crippen molar-refractivity contribution in [2.45, 2.75) is 11.3 Å². The Labute approximate surface area is 125 Å². The summed E-state index contributed by atoms with van der Waals surface area (Å²) in [5, 5.41) is 8.50. The van der Waals surface area contributed by atoms with Gasteiger partial charge in [0.2, 0.25) is 5.91 Å². The lowest BCUT2D eigenvalue weighted by atomic mass is 10.3. The van der Waals surface area contributed by atoms with Crippen LogP contribution >= 0.6 is 0 Å². The fourth-order valence-electron chi connectivity index (χ4n) is 1.81. The maximum atomic E-state index is 12.2. The molecule has 0 fully saturated rings. The van der Waals surface area contributed by atoms with Gasteiger partial charge in [-0.25, -0.2) is 0 Å². The molecule has 7 heteroatoms. The summed E-state index contributed by atoms with van der Waals surface area (Å²) in [6, 6.07) is 6.99. The summed E-state index contributed by atoms with van der Waals surface area (Å²) in [6.45, 7) is 1.30. The van der Waals surface area contributed by atoms with Crippen LogP contribution in [0.2, 0.25) is 0 Å². The Bertz CT molecular complexity index is 597. The zero-order valence-electron chi connectivity index (χ0n) is 11.7. The van der Waals surface area contributed by atoms with E-state index >= 15 is 0 Å². The predicted molar refractivity (Wildman–Crippen MR) is 76.6 cm³/mol. The van der Waals surface area contributed by atoms with Crippen molar-refractivity contribution in [2.75, 3.05) is 32.6 Å². The van der Waals surface area contributed by atoms with Crippen molar-refractivity contribution in [1.29, 1.82) is 5.26 Å². The van der Waals surface area contributed by atoms with Crippen LogP contribution in [0.5, 0.6) is 11.5 Å². The van der Waals surface area contributed by atoms with Gasteiger partial charge in [0.05, 0.1) is 23.3 Å². The fraction of sp³-hybridized carbons (Fsp3) is 0.429. The molecule has 1 aliphatic heterocycles. The van der Waals surface area contributed by atoms with Crippen molar-refractivity contribution in [3.63, 3.8) is 0 Å². The molecule has 1 aromatic rings. The smallest absolute Gasteiger partial charge is 0.235 e. The number of carbonyl (C=O) groups is 1. The monoisotopic (exact) mass is 308 g/mol. The van der Waals surface area contributed by atoms with E-state index < -0.39 is 10.8 Å². The normalized spacial score (nSPS) is 14.1. The Hall–Kier alpha value is -2.07. The molecular formula is C14H16N2O4S. The predicted octanol–water partition coefficient (Wildman–Crippen LogP) is 0.937. The van der Waals surface area contributed by atoms with Crippen LogP contribution in [0.3, 0.4) is 0 Å². The van der Waals surface area contributed by atoms with E-state index in [1.165, 1.54) is 4.90 Å². The second-order valence-corrected chi connectivity index (χ2v) is 5.97. The second kappa shape index (κ2) is 7.09. The molecule has 1 unspecified atom stereocenters. The zero-order valence-corrected chi connectivity index (χ0v) is 12.5. The molecule has 1 aliphatic rings. The molecule has 21 heavy (non-hydrogen) atoms. The number of nitriles is 1. The molecule has 0 aromatic heterocycles. The van der Waals surface area contributed by atoms with Gasteiger partial charge in [-0.1, -0.05) is 0 Å². The van der Waals surface area contributed by atoms with Crippen LogP contribution in [0.4, 0.5) is 0 Å². The van der Waals surface area contributed by atoms with Crippen molar-refractivity contribution >= 4 is 16.7 Å². The number of rotatable bonds is 5. The average Bonchev–Trinajstić information content (AvgIpc) is 2.51. The van der Waals surface area contributed by atoms with Gasteiger partial charge < -0.3 is 14.4 Å². The highest BCUT2D eigenvalue weighted by atomic mass is 32.2. The summed E-state index contributed by atoms with van der Waals surface area (Å²) < 4.78 is 23.0. The molecule has 0 bridgehead atoms. The highest BCUT2D eigenvalue weighted by molar-refractivity contribution is 7.85. The number of hydrogen-bond acceptors (Lipinski definition) is 5. The Kier molecular flexibility index (Phi) is 5.17. The standard InChI is InChI=1S/C14H16N2O4S/c1-16(6-2-5-15)14(17)10-21(18)11-3-4-12-13(9-11)20-8-7-19-12/h3-4,9H,2,6-8,10H2,1H3. The van der Waals surface area contributed by atoms with Gasteiger partial charge in [-0.15, -0.1) is 0 Å². The Morgan fingerprint density at radius 3 is 2.81 bits per heavy atom. The van der Waals surface area contributed by atoms with Gasteiger partial charge in [-0.3, -0.25) is 9.00 Å². The third-order valence-corrected chi connectivity index (χ3v) is 4.30. The third-order valence-electron chi connectivity index (χ3n) is 3.02. The first-order chi connectivity index (χ1) is 10.1. The minimum absolute atomic E-state index is 0.110. The van der Waals surface area contributed by atoms with Crippen molar-refractivity contribution in [3.8, 4) is 17.6 Å². The number of nitrogens with zero attached hydrogens (tertiary/aromatic N) is 2. The fourth-order valence-corrected chi connectivity index (χ4v) is 2.88. The van der Waals surface area contributed by atoms with Crippen molar-refractivity contribution < 1.29 is 18.5 Å². The van der Waals surface area contributed by atoms with Gasteiger partial charge >= 0.3 is 0 Å². The summed E-state index contributed by atoms with van der Waals surface area (Å²) in [5.74, 6) is 0.817. The van der Waals surface area contributed by atoms with Gasteiger partial charge in [-0.05, 0) is 12.1 Å². The summed E-state index contributed by atoms with van der Waals surface area (Å²) >= 11 is 0. The highest BCUT2D eigenvalue weighted by Gasteiger charge is 2.17. The molecule has 6 nitrogen and oxygen atoms in total. The van der Waals surface area contributed by atoms with Crippen molar-refractivity contribution in [3.05, 3.63) is 18.2 Å². The first kappa shape index (κ1) is 15.3. The number of ether oxygens (including phenoxy) is 2. The highest BCUT2D eigenvalue weighted by Crippen LogP contribution is 2.31. The largest absolute Gasteiger partial charge is 0.486 e. The van der Waals surface area contributed by atoms with E-state index in [1.807, 2.05) is 6.07 Å². The first-order valence-electron chi connectivity index (χ1n) is 6.50. The van der Waals surface area contributed by atoms with Gasteiger partial charge in [0.1, 0.15) is 19.0 Å². The van der Waals surface area contributed by atoms with Gasteiger partial charge in [0, 0.05) is 24.6 Å². The SMILES string of the molecule is CN(CCC#N)C(=O)CS(=O)c1ccc2c(c1)OCCO2. The number of hydrogen-bond donors (Lipinski definition) is 0. The molecule has 1 amide bonds. The molecule has 0 saturated heterocycles. The Morgan fingerprint density at radius 2 is 2.10 bits per heavy atom. The van der Waals surface area contributed by atoms with E-state index in [4.69, 9.17) is 14.7 Å². The molecule has 0 N–H and O–H groups in total. The lowest BCUT2D eigenvalue weighted by molar-refractivity contribution is -0.127. The van der Waals surface area contributed by atoms with Crippen LogP contribution < -0.4 is 9.47 Å². The second-order valence-electron chi connectivity index (χ2n) is 4.52. The minimum atomic E-state index is -1.45. The van der Waals surface area contributed by atoms with E-state index in [2.05, 4.69) is 0 Å². The van der Waals surface area contributed by atoms with Gasteiger partial charge in [0.15, 0.2) is 11.5 Å². The van der Waals surface area contributed by atoms with Gasteiger partial charge in [0.25, 0.3) is 0 Å².